The van der Waals surface area contributed by atoms with Crippen molar-refractivity contribution in [2.24, 2.45) is 10.9 Å². The molecule has 0 fully saturated rings. The normalized spacial score (nSPS) is 12.0. The molecule has 0 saturated carbocycles. The number of thiazole rings is 1. The van der Waals surface area contributed by atoms with Crippen molar-refractivity contribution in [1.29, 1.82) is 0 Å². The Morgan fingerprint density at radius 2 is 2.00 bits per heavy atom. The summed E-state index contributed by atoms with van der Waals surface area (Å²) in [5, 5.41) is 7.71. The molecule has 0 saturated heterocycles. The number of hydrogen-bond donors (Lipinski definition) is 2. The lowest BCUT2D eigenvalue weighted by atomic mass is 10.2. The number of guanidine groups is 1. The molecular formula is C15H28N4OS. The molecule has 0 aliphatic heterocycles. The summed E-state index contributed by atoms with van der Waals surface area (Å²) in [4.78, 5) is 10.0. The second-order valence-corrected chi connectivity index (χ2v) is 6.68. The van der Waals surface area contributed by atoms with Crippen molar-refractivity contribution >= 4 is 17.3 Å². The molecule has 0 atom stereocenters. The zero-order chi connectivity index (χ0) is 15.7. The quantitative estimate of drug-likeness (QED) is 0.439. The van der Waals surface area contributed by atoms with E-state index in [0.29, 0.717) is 12.5 Å². The molecule has 5 nitrogen and oxygen atoms in total. The highest BCUT2D eigenvalue weighted by Crippen LogP contribution is 2.16. The lowest BCUT2D eigenvalue weighted by molar-refractivity contribution is 0.114. The van der Waals surface area contributed by atoms with Gasteiger partial charge >= 0.3 is 0 Å². The highest BCUT2D eigenvalue weighted by molar-refractivity contribution is 7.11. The van der Waals surface area contributed by atoms with Crippen LogP contribution < -0.4 is 10.6 Å². The summed E-state index contributed by atoms with van der Waals surface area (Å²) in [5.41, 5.74) is 1.14. The third kappa shape index (κ3) is 7.43. The zero-order valence-electron chi connectivity index (χ0n) is 13.8. The fraction of sp³-hybridized carbons (Fsp3) is 0.733. The zero-order valence-corrected chi connectivity index (χ0v) is 14.6. The van der Waals surface area contributed by atoms with E-state index in [1.165, 1.54) is 9.88 Å². The van der Waals surface area contributed by atoms with E-state index in [9.17, 15) is 0 Å². The number of aliphatic imine (C=N–C) groups is 1. The van der Waals surface area contributed by atoms with Crippen molar-refractivity contribution in [3.63, 3.8) is 0 Å². The predicted molar refractivity (Wildman–Crippen MR) is 90.3 cm³/mol. The minimum Gasteiger partial charge on any atom is -0.379 e. The van der Waals surface area contributed by atoms with Gasteiger partial charge in [-0.25, -0.2) is 4.98 Å². The lowest BCUT2D eigenvalue weighted by Crippen LogP contribution is -2.39. The first kappa shape index (κ1) is 17.9. The topological polar surface area (TPSA) is 58.5 Å². The fourth-order valence-electron chi connectivity index (χ4n) is 1.72. The van der Waals surface area contributed by atoms with Gasteiger partial charge in [-0.2, -0.15) is 0 Å². The Labute approximate surface area is 132 Å². The van der Waals surface area contributed by atoms with E-state index >= 15 is 0 Å². The molecule has 1 rings (SSSR count). The van der Waals surface area contributed by atoms with Crippen molar-refractivity contribution in [1.82, 2.24) is 15.6 Å². The average Bonchev–Trinajstić information content (AvgIpc) is 2.75. The number of hydrogen-bond acceptors (Lipinski definition) is 4. The molecule has 1 heterocycles. The lowest BCUT2D eigenvalue weighted by Gasteiger charge is -2.12. The third-order valence-electron chi connectivity index (χ3n) is 2.92. The first-order chi connectivity index (χ1) is 10.0. The molecular weight excluding hydrogens is 284 g/mol. The van der Waals surface area contributed by atoms with Gasteiger partial charge in [0.25, 0.3) is 0 Å². The summed E-state index contributed by atoms with van der Waals surface area (Å²) in [6, 6.07) is 0. The molecule has 120 valence electrons. The van der Waals surface area contributed by atoms with Crippen LogP contribution in [0.2, 0.25) is 0 Å². The van der Waals surface area contributed by atoms with Crippen molar-refractivity contribution in [2.45, 2.75) is 34.1 Å². The molecule has 1 aromatic heterocycles. The smallest absolute Gasteiger partial charge is 0.191 e. The number of aryl methyl sites for hydroxylation is 2. The molecule has 0 aliphatic rings. The molecule has 0 radical (unpaired) electrons. The maximum Gasteiger partial charge on any atom is 0.191 e. The molecule has 2 N–H and O–H groups in total. The Kier molecular flexibility index (Phi) is 8.30. The molecule has 0 bridgehead atoms. The Morgan fingerprint density at radius 3 is 2.57 bits per heavy atom. The van der Waals surface area contributed by atoms with Crippen LogP contribution in [0.5, 0.6) is 0 Å². The van der Waals surface area contributed by atoms with Crippen LogP contribution in [-0.4, -0.2) is 44.3 Å². The van der Waals surface area contributed by atoms with Gasteiger partial charge in [0.05, 0.1) is 17.3 Å². The van der Waals surface area contributed by atoms with E-state index in [0.717, 1.165) is 37.8 Å². The number of nitrogens with zero attached hydrogens (tertiary/aromatic N) is 2. The summed E-state index contributed by atoms with van der Waals surface area (Å²) in [6.45, 7) is 11.6. The van der Waals surface area contributed by atoms with E-state index < -0.39 is 0 Å². The van der Waals surface area contributed by atoms with Crippen molar-refractivity contribution < 1.29 is 4.74 Å². The van der Waals surface area contributed by atoms with Gasteiger partial charge in [0.2, 0.25) is 0 Å². The second-order valence-electron chi connectivity index (χ2n) is 5.39. The Hall–Kier alpha value is -1.14. The Morgan fingerprint density at radius 1 is 1.29 bits per heavy atom. The highest BCUT2D eigenvalue weighted by Gasteiger charge is 2.04. The predicted octanol–water partition coefficient (Wildman–Crippen LogP) is 2.14. The Balaban J connectivity index is 2.16. The minimum absolute atomic E-state index is 0.577. The molecule has 6 heteroatoms. The van der Waals surface area contributed by atoms with Crippen LogP contribution in [0.25, 0.3) is 0 Å². The summed E-state index contributed by atoms with van der Waals surface area (Å²) >= 11 is 1.77. The van der Waals surface area contributed by atoms with Gasteiger partial charge in [-0.05, 0) is 19.8 Å². The summed E-state index contributed by atoms with van der Waals surface area (Å²) in [5.74, 6) is 1.39. The summed E-state index contributed by atoms with van der Waals surface area (Å²) in [6.07, 6.45) is 0.921. The van der Waals surface area contributed by atoms with E-state index in [4.69, 9.17) is 4.74 Å². The van der Waals surface area contributed by atoms with Crippen LogP contribution in [0.15, 0.2) is 4.99 Å². The van der Waals surface area contributed by atoms with E-state index in [1.54, 1.807) is 18.4 Å². The summed E-state index contributed by atoms with van der Waals surface area (Å²) < 4.78 is 5.53. The van der Waals surface area contributed by atoms with Crippen molar-refractivity contribution in [3.8, 4) is 0 Å². The largest absolute Gasteiger partial charge is 0.379 e. The average molecular weight is 312 g/mol. The van der Waals surface area contributed by atoms with Gasteiger partial charge in [0.15, 0.2) is 5.96 Å². The van der Waals surface area contributed by atoms with Gasteiger partial charge in [0, 0.05) is 38.0 Å². The van der Waals surface area contributed by atoms with Crippen LogP contribution in [0.4, 0.5) is 0 Å². The molecule has 0 aliphatic carbocycles. The van der Waals surface area contributed by atoms with Crippen LogP contribution in [0.3, 0.4) is 0 Å². The van der Waals surface area contributed by atoms with Crippen molar-refractivity contribution in [2.75, 3.05) is 33.4 Å². The molecule has 0 amide bonds. The number of ether oxygens (including phenoxy) is 1. The molecule has 0 spiro atoms. The van der Waals surface area contributed by atoms with Gasteiger partial charge in [-0.3, -0.25) is 4.99 Å². The molecule has 0 unspecified atom stereocenters. The maximum atomic E-state index is 5.53. The van der Waals surface area contributed by atoms with Gasteiger partial charge in [-0.1, -0.05) is 13.8 Å². The Bertz CT molecular complexity index is 423. The van der Waals surface area contributed by atoms with Crippen molar-refractivity contribution in [3.05, 3.63) is 15.6 Å². The summed E-state index contributed by atoms with van der Waals surface area (Å²) in [7, 11) is 1.78. The monoisotopic (exact) mass is 312 g/mol. The molecule has 21 heavy (non-hydrogen) atoms. The van der Waals surface area contributed by atoms with Gasteiger partial charge in [-0.15, -0.1) is 11.3 Å². The highest BCUT2D eigenvalue weighted by atomic mass is 32.1. The van der Waals surface area contributed by atoms with Crippen LogP contribution in [0.1, 0.15) is 29.4 Å². The van der Waals surface area contributed by atoms with E-state index in [-0.39, 0.29) is 0 Å². The fourth-order valence-corrected chi connectivity index (χ4v) is 2.65. The third-order valence-corrected chi connectivity index (χ3v) is 4.05. The standard InChI is InChI=1S/C15H28N4OS/c1-11(2)10-20-9-8-18-15(16-5)17-7-6-14-19-12(3)13(4)21-14/h11H,6-10H2,1-5H3,(H2,16,17,18). The van der Waals surface area contributed by atoms with E-state index in [2.05, 4.69) is 48.3 Å². The maximum absolute atomic E-state index is 5.53. The SMILES string of the molecule is CN=C(NCCOCC(C)C)NCCc1nc(C)c(C)s1. The number of nitrogens with one attached hydrogen (secondary N) is 2. The van der Waals surface area contributed by atoms with Gasteiger partial charge in [0.1, 0.15) is 0 Å². The molecule has 0 aromatic carbocycles. The number of aromatic nitrogens is 1. The minimum atomic E-state index is 0.577. The van der Waals surface area contributed by atoms with Gasteiger partial charge < -0.3 is 15.4 Å². The molecule has 1 aromatic rings. The first-order valence-corrected chi connectivity index (χ1v) is 8.29. The van der Waals surface area contributed by atoms with Crippen LogP contribution in [-0.2, 0) is 11.2 Å². The van der Waals surface area contributed by atoms with Crippen LogP contribution in [0, 0.1) is 19.8 Å². The second kappa shape index (κ2) is 9.73. The van der Waals surface area contributed by atoms with E-state index in [1.807, 2.05) is 0 Å². The first-order valence-electron chi connectivity index (χ1n) is 7.48. The van der Waals surface area contributed by atoms with Crippen LogP contribution >= 0.6 is 11.3 Å². The number of rotatable bonds is 8.